The molecule has 0 rings (SSSR count). The molecule has 0 unspecified atom stereocenters. The van der Waals surface area contributed by atoms with Crippen LogP contribution >= 0.6 is 0 Å². The predicted molar refractivity (Wildman–Crippen MR) is 61.0 cm³/mol. The molecule has 0 spiro atoms. The monoisotopic (exact) mass is 198 g/mol. The first kappa shape index (κ1) is 13.5. The van der Waals surface area contributed by atoms with Gasteiger partial charge in [-0.2, -0.15) is 0 Å². The molecule has 2 heteroatoms. The summed E-state index contributed by atoms with van der Waals surface area (Å²) in [6.07, 6.45) is 8.89. The lowest BCUT2D eigenvalue weighted by Gasteiger charge is -2.03. The highest BCUT2D eigenvalue weighted by molar-refractivity contribution is 5.75. The van der Waals surface area contributed by atoms with Crippen molar-refractivity contribution in [3.8, 4) is 0 Å². The SMILES string of the molecule is [CH2]CCNC(=O)CCCCCCCC. The molecule has 1 amide bonds. The molecule has 0 atom stereocenters. The lowest BCUT2D eigenvalue weighted by atomic mass is 10.1. The molecule has 0 saturated heterocycles. The number of hydrogen-bond acceptors (Lipinski definition) is 1. The Morgan fingerprint density at radius 1 is 1.14 bits per heavy atom. The molecule has 0 heterocycles. The van der Waals surface area contributed by atoms with Gasteiger partial charge < -0.3 is 5.32 Å². The molecule has 1 radical (unpaired) electrons. The van der Waals surface area contributed by atoms with E-state index in [2.05, 4.69) is 19.2 Å². The van der Waals surface area contributed by atoms with Gasteiger partial charge in [0.1, 0.15) is 0 Å². The first-order chi connectivity index (χ1) is 6.81. The van der Waals surface area contributed by atoms with E-state index in [0.29, 0.717) is 13.0 Å². The maximum absolute atomic E-state index is 11.2. The number of hydrogen-bond donors (Lipinski definition) is 1. The van der Waals surface area contributed by atoms with Crippen LogP contribution in [0.3, 0.4) is 0 Å². The maximum atomic E-state index is 11.2. The molecule has 14 heavy (non-hydrogen) atoms. The molecule has 0 bridgehead atoms. The third-order valence-corrected chi connectivity index (χ3v) is 2.26. The summed E-state index contributed by atoms with van der Waals surface area (Å²) >= 11 is 0. The summed E-state index contributed by atoms with van der Waals surface area (Å²) in [5.74, 6) is 0.184. The first-order valence-electron chi connectivity index (χ1n) is 5.87. The molecule has 83 valence electrons. The molecule has 0 saturated carbocycles. The Morgan fingerprint density at radius 3 is 2.43 bits per heavy atom. The number of carbonyl (C=O) groups is 1. The van der Waals surface area contributed by atoms with Gasteiger partial charge in [-0.05, 0) is 12.8 Å². The Labute approximate surface area is 88.5 Å². The van der Waals surface area contributed by atoms with Gasteiger partial charge in [0.15, 0.2) is 0 Å². The van der Waals surface area contributed by atoms with E-state index >= 15 is 0 Å². The summed E-state index contributed by atoms with van der Waals surface area (Å²) < 4.78 is 0. The lowest BCUT2D eigenvalue weighted by molar-refractivity contribution is -0.121. The van der Waals surface area contributed by atoms with Gasteiger partial charge in [0.25, 0.3) is 0 Å². The highest BCUT2D eigenvalue weighted by atomic mass is 16.1. The van der Waals surface area contributed by atoms with Crippen LogP contribution in [0.2, 0.25) is 0 Å². The summed E-state index contributed by atoms with van der Waals surface area (Å²) in [6, 6.07) is 0. The average molecular weight is 198 g/mol. The first-order valence-corrected chi connectivity index (χ1v) is 5.87. The van der Waals surface area contributed by atoms with Crippen molar-refractivity contribution in [2.75, 3.05) is 6.54 Å². The minimum atomic E-state index is 0.184. The van der Waals surface area contributed by atoms with Crippen molar-refractivity contribution in [2.45, 2.75) is 58.3 Å². The van der Waals surface area contributed by atoms with E-state index in [4.69, 9.17) is 0 Å². The van der Waals surface area contributed by atoms with Crippen LogP contribution in [0.4, 0.5) is 0 Å². The molecule has 0 aliphatic rings. The summed E-state index contributed by atoms with van der Waals surface area (Å²) in [6.45, 7) is 6.60. The van der Waals surface area contributed by atoms with E-state index in [0.717, 1.165) is 12.8 Å². The van der Waals surface area contributed by atoms with E-state index in [9.17, 15) is 4.79 Å². The smallest absolute Gasteiger partial charge is 0.219 e. The quantitative estimate of drug-likeness (QED) is 0.567. The largest absolute Gasteiger partial charge is 0.356 e. The van der Waals surface area contributed by atoms with Crippen LogP contribution in [0.15, 0.2) is 0 Å². The molecule has 0 aliphatic carbocycles. The van der Waals surface area contributed by atoms with Crippen molar-refractivity contribution in [3.63, 3.8) is 0 Å². The molecule has 0 aliphatic heterocycles. The number of carbonyl (C=O) groups excluding carboxylic acids is 1. The fourth-order valence-electron chi connectivity index (χ4n) is 1.38. The second-order valence-corrected chi connectivity index (χ2v) is 3.72. The number of unbranched alkanes of at least 4 members (excludes halogenated alkanes) is 5. The average Bonchev–Trinajstić information content (AvgIpc) is 2.20. The van der Waals surface area contributed by atoms with Crippen molar-refractivity contribution in [2.24, 2.45) is 0 Å². The van der Waals surface area contributed by atoms with Gasteiger partial charge in [-0.25, -0.2) is 0 Å². The number of amides is 1. The minimum absolute atomic E-state index is 0.184. The fraction of sp³-hybridized carbons (Fsp3) is 0.833. The molecule has 0 fully saturated rings. The zero-order valence-corrected chi connectivity index (χ0v) is 9.48. The normalized spacial score (nSPS) is 10.1. The van der Waals surface area contributed by atoms with Crippen LogP contribution in [0.1, 0.15) is 58.3 Å². The zero-order chi connectivity index (χ0) is 10.6. The summed E-state index contributed by atoms with van der Waals surface area (Å²) in [4.78, 5) is 11.2. The molecule has 2 nitrogen and oxygen atoms in total. The lowest BCUT2D eigenvalue weighted by Crippen LogP contribution is -2.23. The predicted octanol–water partition coefficient (Wildman–Crippen LogP) is 3.08. The molecular formula is C12H24NO. The maximum Gasteiger partial charge on any atom is 0.219 e. The summed E-state index contributed by atoms with van der Waals surface area (Å²) in [5.41, 5.74) is 0. The zero-order valence-electron chi connectivity index (χ0n) is 9.48. The standard InChI is InChI=1S/C12H24NO/c1-3-5-6-7-8-9-10-12(14)13-11-4-2/h2-11H2,1H3,(H,13,14). The van der Waals surface area contributed by atoms with Crippen LogP contribution < -0.4 is 5.32 Å². The van der Waals surface area contributed by atoms with Gasteiger partial charge in [0.2, 0.25) is 5.91 Å². The van der Waals surface area contributed by atoms with Crippen molar-refractivity contribution >= 4 is 5.91 Å². The third-order valence-electron chi connectivity index (χ3n) is 2.26. The van der Waals surface area contributed by atoms with Gasteiger partial charge >= 0.3 is 0 Å². The van der Waals surface area contributed by atoms with E-state index < -0.39 is 0 Å². The highest BCUT2D eigenvalue weighted by Crippen LogP contribution is 2.06. The molecule has 0 aromatic carbocycles. The fourth-order valence-corrected chi connectivity index (χ4v) is 1.38. The van der Waals surface area contributed by atoms with Crippen LogP contribution in [0.25, 0.3) is 0 Å². The second-order valence-electron chi connectivity index (χ2n) is 3.72. The van der Waals surface area contributed by atoms with Gasteiger partial charge in [-0.1, -0.05) is 46.0 Å². The Bertz CT molecular complexity index is 134. The van der Waals surface area contributed by atoms with E-state index in [1.807, 2.05) is 0 Å². The Balaban J connectivity index is 3.07. The van der Waals surface area contributed by atoms with Crippen LogP contribution in [-0.4, -0.2) is 12.5 Å². The van der Waals surface area contributed by atoms with Crippen molar-refractivity contribution < 1.29 is 4.79 Å². The summed E-state index contributed by atoms with van der Waals surface area (Å²) in [7, 11) is 0. The van der Waals surface area contributed by atoms with Crippen LogP contribution in [0, 0.1) is 6.92 Å². The molecule has 0 aromatic heterocycles. The van der Waals surface area contributed by atoms with Crippen molar-refractivity contribution in [1.82, 2.24) is 5.32 Å². The molecule has 1 N–H and O–H groups in total. The second kappa shape index (κ2) is 10.6. The van der Waals surface area contributed by atoms with Gasteiger partial charge in [0, 0.05) is 13.0 Å². The van der Waals surface area contributed by atoms with Gasteiger partial charge in [0.05, 0.1) is 0 Å². The van der Waals surface area contributed by atoms with Gasteiger partial charge in [-0.3, -0.25) is 4.79 Å². The van der Waals surface area contributed by atoms with Crippen molar-refractivity contribution in [1.29, 1.82) is 0 Å². The number of nitrogens with one attached hydrogen (secondary N) is 1. The van der Waals surface area contributed by atoms with Crippen molar-refractivity contribution in [3.05, 3.63) is 6.92 Å². The molecule has 0 aromatic rings. The Kier molecular flexibility index (Phi) is 10.2. The summed E-state index contributed by atoms with van der Waals surface area (Å²) in [5, 5.41) is 2.83. The molecular weight excluding hydrogens is 174 g/mol. The topological polar surface area (TPSA) is 29.1 Å². The van der Waals surface area contributed by atoms with Gasteiger partial charge in [-0.15, -0.1) is 0 Å². The Hall–Kier alpha value is -0.530. The number of rotatable bonds is 9. The van der Waals surface area contributed by atoms with Crippen LogP contribution in [-0.2, 0) is 4.79 Å². The Morgan fingerprint density at radius 2 is 1.79 bits per heavy atom. The third kappa shape index (κ3) is 9.56. The van der Waals surface area contributed by atoms with E-state index in [1.54, 1.807) is 0 Å². The van der Waals surface area contributed by atoms with Crippen LogP contribution in [0.5, 0.6) is 0 Å². The minimum Gasteiger partial charge on any atom is -0.356 e. The van der Waals surface area contributed by atoms with E-state index in [1.165, 1.54) is 32.1 Å². The van der Waals surface area contributed by atoms with E-state index in [-0.39, 0.29) is 5.91 Å². The highest BCUT2D eigenvalue weighted by Gasteiger charge is 1.98.